The number of benzene rings is 2. The maximum Gasteiger partial charge on any atom is 0.408 e. The van der Waals surface area contributed by atoms with Gasteiger partial charge in [-0.25, -0.2) is 4.79 Å². The number of hydrogen-bond donors (Lipinski definition) is 2. The fourth-order valence-electron chi connectivity index (χ4n) is 3.99. The van der Waals surface area contributed by atoms with E-state index in [4.69, 9.17) is 19.3 Å². The molecule has 1 aliphatic heterocycles. The molecule has 1 aliphatic rings. The molecule has 0 radical (unpaired) electrons. The van der Waals surface area contributed by atoms with Crippen LogP contribution in [-0.2, 0) is 14.3 Å². The normalized spacial score (nSPS) is 14.0. The topological polar surface area (TPSA) is 129 Å². The molecule has 2 amide bonds. The summed E-state index contributed by atoms with van der Waals surface area (Å²) < 4.78 is 18.5. The Balaban J connectivity index is 1.59. The number of para-hydroxylation sites is 1. The average Bonchev–Trinajstić information content (AvgIpc) is 3.33. The molecule has 2 heterocycles. The number of fused-ring (bicyclic) bond motifs is 1. The van der Waals surface area contributed by atoms with Crippen molar-refractivity contribution in [3.8, 4) is 17.1 Å². The monoisotopic (exact) mass is 594 g/mol. The average molecular weight is 595 g/mol. The summed E-state index contributed by atoms with van der Waals surface area (Å²) in [7, 11) is 1.61. The molecular formula is C30H38N6O5S. The lowest BCUT2D eigenvalue weighted by Gasteiger charge is -2.26. The molecule has 1 atom stereocenters. The highest BCUT2D eigenvalue weighted by atomic mass is 32.2. The molecule has 0 saturated carbocycles. The van der Waals surface area contributed by atoms with Crippen molar-refractivity contribution < 1.29 is 23.8 Å². The number of thioether (sulfide) groups is 1. The highest BCUT2D eigenvalue weighted by Gasteiger charge is 2.28. The van der Waals surface area contributed by atoms with Gasteiger partial charge in [0.25, 0.3) is 0 Å². The highest BCUT2D eigenvalue weighted by molar-refractivity contribution is 7.99. The second kappa shape index (κ2) is 12.5. The van der Waals surface area contributed by atoms with Crippen LogP contribution in [0.1, 0.15) is 52.7 Å². The van der Waals surface area contributed by atoms with Crippen LogP contribution in [0.15, 0.2) is 52.7 Å². The van der Waals surface area contributed by atoms with Crippen LogP contribution in [0.4, 0.5) is 10.5 Å². The molecule has 0 saturated heterocycles. The van der Waals surface area contributed by atoms with E-state index in [-0.39, 0.29) is 6.61 Å². The zero-order chi connectivity index (χ0) is 30.7. The van der Waals surface area contributed by atoms with Gasteiger partial charge < -0.3 is 24.8 Å². The second-order valence-electron chi connectivity index (χ2n) is 11.8. The number of methoxy groups -OCH3 is 1. The molecule has 3 aromatic rings. The van der Waals surface area contributed by atoms with E-state index in [0.29, 0.717) is 28.2 Å². The molecule has 224 valence electrons. The summed E-state index contributed by atoms with van der Waals surface area (Å²) in [6, 6.07) is 12.4. The predicted molar refractivity (Wildman–Crippen MR) is 163 cm³/mol. The highest BCUT2D eigenvalue weighted by Crippen LogP contribution is 2.33. The predicted octanol–water partition coefficient (Wildman–Crippen LogP) is 5.27. The molecule has 0 spiro atoms. The molecular weight excluding hydrogens is 556 g/mol. The van der Waals surface area contributed by atoms with Gasteiger partial charge in [-0.2, -0.15) is 9.78 Å². The number of ether oxygens (including phenoxy) is 3. The summed E-state index contributed by atoms with van der Waals surface area (Å²) in [5, 5.41) is 19.8. The third kappa shape index (κ3) is 7.89. The minimum absolute atomic E-state index is 0.0290. The third-order valence-corrected chi connectivity index (χ3v) is 6.97. The number of carbonyl (C=O) groups excluding carboxylic acids is 2. The van der Waals surface area contributed by atoms with Gasteiger partial charge in [0.1, 0.15) is 17.4 Å². The lowest BCUT2D eigenvalue weighted by molar-refractivity contribution is -0.121. The van der Waals surface area contributed by atoms with Crippen LogP contribution in [0.3, 0.4) is 0 Å². The quantitative estimate of drug-likeness (QED) is 0.361. The maximum atomic E-state index is 13.4. The van der Waals surface area contributed by atoms with E-state index in [0.717, 1.165) is 22.4 Å². The van der Waals surface area contributed by atoms with Crippen LogP contribution in [0.25, 0.3) is 11.4 Å². The number of aryl methyl sites for hydroxylation is 1. The van der Waals surface area contributed by atoms with Gasteiger partial charge >= 0.3 is 6.09 Å². The van der Waals surface area contributed by atoms with Crippen molar-refractivity contribution in [3.63, 3.8) is 0 Å². The summed E-state index contributed by atoms with van der Waals surface area (Å²) >= 11 is 1.52. The maximum absolute atomic E-state index is 13.4. The van der Waals surface area contributed by atoms with E-state index in [9.17, 15) is 9.59 Å². The summed E-state index contributed by atoms with van der Waals surface area (Å²) in [5.74, 6) is 1.39. The Hall–Kier alpha value is -3.90. The zero-order valence-corrected chi connectivity index (χ0v) is 26.1. The molecule has 4 rings (SSSR count). The minimum Gasteiger partial charge on any atom is -0.496 e. The van der Waals surface area contributed by atoms with Crippen molar-refractivity contribution in [2.45, 2.75) is 70.9 Å². The molecule has 2 N–H and O–H groups in total. The molecule has 0 fully saturated rings. The molecule has 1 aromatic heterocycles. The minimum atomic E-state index is -0.979. The number of carbonyl (C=O) groups is 2. The first kappa shape index (κ1) is 31.0. The fraction of sp³-hybridized carbons (Fsp3) is 0.433. The third-order valence-electron chi connectivity index (χ3n) is 6.04. The van der Waals surface area contributed by atoms with Gasteiger partial charge in [-0.05, 0) is 72.2 Å². The summed E-state index contributed by atoms with van der Waals surface area (Å²) in [5.41, 5.74) is 2.62. The Morgan fingerprint density at radius 3 is 2.48 bits per heavy atom. The van der Waals surface area contributed by atoms with Gasteiger partial charge in [0.15, 0.2) is 5.82 Å². The molecule has 11 nitrogen and oxygen atoms in total. The lowest BCUT2D eigenvalue weighted by atomic mass is 10.1. The molecule has 0 aliphatic carbocycles. The summed E-state index contributed by atoms with van der Waals surface area (Å²) in [6.45, 7) is 12.8. The van der Waals surface area contributed by atoms with Gasteiger partial charge in [-0.3, -0.25) is 4.79 Å². The Kier molecular flexibility index (Phi) is 9.27. The largest absolute Gasteiger partial charge is 0.496 e. The van der Waals surface area contributed by atoms with Gasteiger partial charge in [-0.1, -0.05) is 36.0 Å². The van der Waals surface area contributed by atoms with E-state index < -0.39 is 29.2 Å². The van der Waals surface area contributed by atoms with Gasteiger partial charge in [0.05, 0.1) is 30.6 Å². The van der Waals surface area contributed by atoms with Gasteiger partial charge in [-0.15, -0.1) is 10.2 Å². The van der Waals surface area contributed by atoms with Crippen molar-refractivity contribution >= 4 is 35.2 Å². The van der Waals surface area contributed by atoms with Crippen LogP contribution in [0.5, 0.6) is 5.75 Å². The first-order valence-corrected chi connectivity index (χ1v) is 14.6. The first-order valence-electron chi connectivity index (χ1n) is 13.6. The molecule has 0 bridgehead atoms. The summed E-state index contributed by atoms with van der Waals surface area (Å²) in [4.78, 5) is 26.0. The van der Waals surface area contributed by atoms with Crippen LogP contribution in [0, 0.1) is 6.92 Å². The number of anilines is 1. The van der Waals surface area contributed by atoms with Gasteiger partial charge in [0, 0.05) is 17.0 Å². The van der Waals surface area contributed by atoms with Crippen LogP contribution >= 0.6 is 11.8 Å². The van der Waals surface area contributed by atoms with E-state index >= 15 is 0 Å². The van der Waals surface area contributed by atoms with Crippen LogP contribution < -0.4 is 15.4 Å². The fourth-order valence-corrected chi connectivity index (χ4v) is 4.83. The molecule has 12 heteroatoms. The standard InChI is InChI=1S/C30H38N6O5S/c1-18-13-14-19(23-17-42-27-34-33-25(36(27)35-23)20-11-9-10-12-24(20)39-8)15-21(18)31-26(37)22(16-40-29(2,3)4)32-28(38)41-30(5,6)7/h9-15,22H,16-17H2,1-8H3,(H,31,37)(H,32,38)/t22-/m0/s1. The van der Waals surface area contributed by atoms with Crippen molar-refractivity contribution in [3.05, 3.63) is 53.6 Å². The van der Waals surface area contributed by atoms with Crippen LogP contribution in [0.2, 0.25) is 0 Å². The van der Waals surface area contributed by atoms with E-state index in [1.54, 1.807) is 32.6 Å². The SMILES string of the molecule is COc1ccccc1-c1nnc2n1N=C(c1ccc(C)c(NC(=O)[C@H](COC(C)(C)C)NC(=O)OC(C)(C)C)c1)CS2. The Bertz CT molecular complexity index is 1490. The lowest BCUT2D eigenvalue weighted by Crippen LogP contribution is -2.49. The van der Waals surface area contributed by atoms with Crippen molar-refractivity contribution in [1.82, 2.24) is 20.2 Å². The molecule has 42 heavy (non-hydrogen) atoms. The first-order chi connectivity index (χ1) is 19.7. The molecule has 2 aromatic carbocycles. The van der Waals surface area contributed by atoms with E-state index in [1.165, 1.54) is 11.8 Å². The number of rotatable bonds is 8. The van der Waals surface area contributed by atoms with Crippen LogP contribution in [-0.4, -0.2) is 69.3 Å². The number of alkyl carbamates (subject to hydrolysis) is 1. The number of aromatic nitrogens is 3. The van der Waals surface area contributed by atoms with Crippen molar-refractivity contribution in [2.75, 3.05) is 24.8 Å². The number of nitrogens with one attached hydrogen (secondary N) is 2. The number of amides is 2. The second-order valence-corrected chi connectivity index (χ2v) is 12.7. The Labute approximate surface area is 250 Å². The van der Waals surface area contributed by atoms with Gasteiger partial charge in [0.2, 0.25) is 11.1 Å². The Morgan fingerprint density at radius 2 is 1.79 bits per heavy atom. The Morgan fingerprint density at radius 1 is 1.05 bits per heavy atom. The summed E-state index contributed by atoms with van der Waals surface area (Å²) in [6.07, 6.45) is -0.699. The van der Waals surface area contributed by atoms with E-state index in [1.807, 2.05) is 70.2 Å². The smallest absolute Gasteiger partial charge is 0.408 e. The van der Waals surface area contributed by atoms with E-state index in [2.05, 4.69) is 20.8 Å². The number of hydrogen-bond acceptors (Lipinski definition) is 9. The number of nitrogens with zero attached hydrogens (tertiary/aromatic N) is 4. The van der Waals surface area contributed by atoms with Crippen molar-refractivity contribution in [1.29, 1.82) is 0 Å². The van der Waals surface area contributed by atoms with Crippen molar-refractivity contribution in [2.24, 2.45) is 5.10 Å². The molecule has 0 unspecified atom stereocenters. The zero-order valence-electron chi connectivity index (χ0n) is 25.3.